The van der Waals surface area contributed by atoms with Crippen molar-refractivity contribution in [2.75, 3.05) is 13.6 Å². The molecule has 0 fully saturated rings. The summed E-state index contributed by atoms with van der Waals surface area (Å²) in [6, 6.07) is 17.8. The minimum Gasteiger partial charge on any atom is -0.344 e. The van der Waals surface area contributed by atoms with E-state index < -0.39 is 6.04 Å². The van der Waals surface area contributed by atoms with Gasteiger partial charge in [0.25, 0.3) is 0 Å². The maximum atomic E-state index is 13.3. The monoisotopic (exact) mass is 475 g/mol. The van der Waals surface area contributed by atoms with Crippen LogP contribution in [0.4, 0.5) is 4.39 Å². The third-order valence-electron chi connectivity index (χ3n) is 6.10. The van der Waals surface area contributed by atoms with E-state index in [2.05, 4.69) is 31.8 Å². The van der Waals surface area contributed by atoms with Crippen molar-refractivity contribution in [3.05, 3.63) is 83.6 Å². The van der Waals surface area contributed by atoms with E-state index in [1.165, 1.54) is 12.1 Å². The molecule has 1 N–H and O–H groups in total. The van der Waals surface area contributed by atoms with Gasteiger partial charge >= 0.3 is 0 Å². The number of unbranched alkanes of at least 4 members (excludes halogenated alkanes) is 2. The molecule has 4 aromatic rings. The first kappa shape index (κ1) is 24.3. The number of nitrogens with zero attached hydrogens (tertiary/aromatic N) is 6. The molecule has 1 atom stereocenters. The molecular formula is C26H30FN7O. The number of aromatic nitrogens is 6. The minimum absolute atomic E-state index is 0.0641. The molecule has 9 heteroatoms. The molecule has 0 aliphatic rings. The van der Waals surface area contributed by atoms with Gasteiger partial charge in [0.15, 0.2) is 0 Å². The highest BCUT2D eigenvalue weighted by Crippen LogP contribution is 2.20. The molecule has 182 valence electrons. The van der Waals surface area contributed by atoms with Crippen LogP contribution < -0.4 is 0 Å². The number of halogens is 1. The van der Waals surface area contributed by atoms with Crippen molar-refractivity contribution in [1.82, 2.24) is 35.3 Å². The fraction of sp³-hybridized carbons (Fsp3) is 0.346. The largest absolute Gasteiger partial charge is 0.344 e. The Labute approximate surface area is 204 Å². The topological polar surface area (TPSA) is 92.6 Å². The maximum Gasteiger partial charge on any atom is 0.247 e. The summed E-state index contributed by atoms with van der Waals surface area (Å²) in [4.78, 5) is 15.0. The van der Waals surface area contributed by atoms with Crippen LogP contribution in [0.1, 0.15) is 42.4 Å². The van der Waals surface area contributed by atoms with Gasteiger partial charge in [0.2, 0.25) is 5.91 Å². The predicted molar refractivity (Wildman–Crippen MR) is 131 cm³/mol. The average Bonchev–Trinajstić information content (AvgIpc) is 3.52. The Hall–Kier alpha value is -3.88. The summed E-state index contributed by atoms with van der Waals surface area (Å²) >= 11 is 0. The zero-order valence-electron chi connectivity index (χ0n) is 20.1. The number of aryl methyl sites for hydroxylation is 2. The van der Waals surface area contributed by atoms with Crippen molar-refractivity contribution in [1.29, 1.82) is 0 Å². The van der Waals surface area contributed by atoms with Gasteiger partial charge < -0.3 is 4.90 Å². The Balaban J connectivity index is 1.28. The maximum absolute atomic E-state index is 13.3. The number of carbonyl (C=O) groups excluding carboxylic acids is 1. The van der Waals surface area contributed by atoms with Gasteiger partial charge in [-0.05, 0) is 60.4 Å². The van der Waals surface area contributed by atoms with Crippen LogP contribution in [0.2, 0.25) is 0 Å². The Bertz CT molecular complexity index is 1220. The highest BCUT2D eigenvalue weighted by Gasteiger charge is 2.27. The summed E-state index contributed by atoms with van der Waals surface area (Å²) in [5, 5.41) is 19.2. The molecule has 1 unspecified atom stereocenters. The van der Waals surface area contributed by atoms with Crippen LogP contribution in [0.3, 0.4) is 0 Å². The number of nitrogens with one attached hydrogen (secondary N) is 1. The van der Waals surface area contributed by atoms with Crippen molar-refractivity contribution in [2.24, 2.45) is 0 Å². The van der Waals surface area contributed by atoms with Gasteiger partial charge in [-0.2, -0.15) is 5.10 Å². The summed E-state index contributed by atoms with van der Waals surface area (Å²) < 4.78 is 14.9. The zero-order valence-corrected chi connectivity index (χ0v) is 20.1. The van der Waals surface area contributed by atoms with Gasteiger partial charge in [0.1, 0.15) is 17.7 Å². The standard InChI is InChI=1S/C26H30FN7O/c1-19-28-31-32-34(19)25(17-20-12-14-22(27)15-13-20)26(35)33(2)16-8-4-7-11-23-18-24(30-29-23)21-9-5-3-6-10-21/h3,5-6,9-10,12-15,18,25H,4,7-8,11,16-17H2,1-2H3,(H,29,30). The van der Waals surface area contributed by atoms with E-state index in [1.807, 2.05) is 30.3 Å². The van der Waals surface area contributed by atoms with Crippen LogP contribution in [0.15, 0.2) is 60.7 Å². The van der Waals surface area contributed by atoms with Gasteiger partial charge in [0.05, 0.1) is 5.69 Å². The van der Waals surface area contributed by atoms with Crippen molar-refractivity contribution >= 4 is 5.91 Å². The van der Waals surface area contributed by atoms with Gasteiger partial charge in [0, 0.05) is 31.3 Å². The van der Waals surface area contributed by atoms with Crippen LogP contribution in [0.25, 0.3) is 11.3 Å². The van der Waals surface area contributed by atoms with E-state index >= 15 is 0 Å². The third kappa shape index (κ3) is 6.38. The molecule has 0 saturated carbocycles. The normalized spacial score (nSPS) is 12.0. The molecule has 8 nitrogen and oxygen atoms in total. The SMILES string of the molecule is Cc1nnnn1C(Cc1ccc(F)cc1)C(=O)N(C)CCCCCc1cc(-c2ccccc2)n[nH]1. The Kier molecular flexibility index (Phi) is 7.97. The van der Waals surface area contributed by atoms with E-state index in [4.69, 9.17) is 0 Å². The van der Waals surface area contributed by atoms with Crippen LogP contribution in [-0.4, -0.2) is 54.8 Å². The van der Waals surface area contributed by atoms with Crippen LogP contribution in [0.5, 0.6) is 0 Å². The molecule has 0 aliphatic carbocycles. The second-order valence-electron chi connectivity index (χ2n) is 8.73. The van der Waals surface area contributed by atoms with Crippen molar-refractivity contribution in [2.45, 2.75) is 45.1 Å². The number of amides is 1. The molecule has 0 aliphatic heterocycles. The molecule has 35 heavy (non-hydrogen) atoms. The Morgan fingerprint density at radius 1 is 1.09 bits per heavy atom. The van der Waals surface area contributed by atoms with Gasteiger partial charge in [-0.1, -0.05) is 48.9 Å². The molecule has 2 heterocycles. The number of carbonyl (C=O) groups is 1. The van der Waals surface area contributed by atoms with E-state index in [9.17, 15) is 9.18 Å². The summed E-state index contributed by atoms with van der Waals surface area (Å²) in [5.41, 5.74) is 4.02. The van der Waals surface area contributed by atoms with Gasteiger partial charge in [-0.25, -0.2) is 9.07 Å². The predicted octanol–water partition coefficient (Wildman–Crippen LogP) is 4.17. The highest BCUT2D eigenvalue weighted by molar-refractivity contribution is 5.80. The number of H-pyrrole nitrogens is 1. The molecular weight excluding hydrogens is 445 g/mol. The number of likely N-dealkylation sites (N-methyl/N-ethyl adjacent to an activating group) is 1. The summed E-state index contributed by atoms with van der Waals surface area (Å²) in [7, 11) is 1.81. The number of hydrogen-bond donors (Lipinski definition) is 1. The molecule has 0 spiro atoms. The lowest BCUT2D eigenvalue weighted by Crippen LogP contribution is -2.37. The lowest BCUT2D eigenvalue weighted by atomic mass is 10.0. The molecule has 0 saturated heterocycles. The van der Waals surface area contributed by atoms with Crippen LogP contribution in [0, 0.1) is 12.7 Å². The summed E-state index contributed by atoms with van der Waals surface area (Å²) in [6.45, 7) is 2.40. The Morgan fingerprint density at radius 3 is 2.57 bits per heavy atom. The van der Waals surface area contributed by atoms with Crippen molar-refractivity contribution in [3.8, 4) is 11.3 Å². The number of rotatable bonds is 11. The first-order valence-electron chi connectivity index (χ1n) is 11.8. The molecule has 4 rings (SSSR count). The quantitative estimate of drug-likeness (QED) is 0.329. The molecule has 1 amide bonds. The molecule has 0 radical (unpaired) electrons. The first-order valence-corrected chi connectivity index (χ1v) is 11.8. The number of aromatic amines is 1. The van der Waals surface area contributed by atoms with Crippen LogP contribution in [-0.2, 0) is 17.6 Å². The summed E-state index contributed by atoms with van der Waals surface area (Å²) in [6.07, 6.45) is 4.18. The molecule has 2 aromatic carbocycles. The van der Waals surface area contributed by atoms with Crippen molar-refractivity contribution in [3.63, 3.8) is 0 Å². The smallest absolute Gasteiger partial charge is 0.247 e. The lowest BCUT2D eigenvalue weighted by molar-refractivity contribution is -0.133. The number of tetrazole rings is 1. The average molecular weight is 476 g/mol. The lowest BCUT2D eigenvalue weighted by Gasteiger charge is -2.24. The van der Waals surface area contributed by atoms with Gasteiger partial charge in [-0.15, -0.1) is 5.10 Å². The third-order valence-corrected chi connectivity index (χ3v) is 6.10. The number of hydrogen-bond acceptors (Lipinski definition) is 5. The molecule has 0 bridgehead atoms. The van der Waals surface area contributed by atoms with E-state index in [0.29, 0.717) is 18.8 Å². The first-order chi connectivity index (χ1) is 17.0. The Morgan fingerprint density at radius 2 is 1.86 bits per heavy atom. The summed E-state index contributed by atoms with van der Waals surface area (Å²) in [5.74, 6) is 0.192. The zero-order chi connectivity index (χ0) is 24.6. The van der Waals surface area contributed by atoms with Gasteiger partial charge in [-0.3, -0.25) is 9.89 Å². The van der Waals surface area contributed by atoms with E-state index in [1.54, 1.807) is 35.7 Å². The highest BCUT2D eigenvalue weighted by atomic mass is 19.1. The molecule has 2 aromatic heterocycles. The van der Waals surface area contributed by atoms with Crippen LogP contribution >= 0.6 is 0 Å². The fourth-order valence-electron chi connectivity index (χ4n) is 4.10. The van der Waals surface area contributed by atoms with E-state index in [0.717, 1.165) is 48.2 Å². The fourth-order valence-corrected chi connectivity index (χ4v) is 4.10. The number of benzene rings is 2. The minimum atomic E-state index is -0.582. The second kappa shape index (κ2) is 11.5. The van der Waals surface area contributed by atoms with E-state index in [-0.39, 0.29) is 11.7 Å². The second-order valence-corrected chi connectivity index (χ2v) is 8.73. The van der Waals surface area contributed by atoms with Crippen molar-refractivity contribution < 1.29 is 9.18 Å².